The maximum absolute atomic E-state index is 12.3. The maximum Gasteiger partial charge on any atom is 0.250 e. The van der Waals surface area contributed by atoms with E-state index < -0.39 is 9.84 Å². The summed E-state index contributed by atoms with van der Waals surface area (Å²) in [4.78, 5) is 12.3. The lowest BCUT2D eigenvalue weighted by molar-refractivity contribution is -0.118. The fourth-order valence-corrected chi connectivity index (χ4v) is 4.44. The smallest absolute Gasteiger partial charge is 0.250 e. The van der Waals surface area contributed by atoms with Gasteiger partial charge in [-0.3, -0.25) is 4.79 Å². The van der Waals surface area contributed by atoms with Gasteiger partial charge < -0.3 is 14.8 Å². The van der Waals surface area contributed by atoms with Crippen molar-refractivity contribution in [3.05, 3.63) is 29.3 Å². The summed E-state index contributed by atoms with van der Waals surface area (Å²) < 4.78 is 34.1. The second-order valence-corrected chi connectivity index (χ2v) is 7.87. The van der Waals surface area contributed by atoms with Crippen molar-refractivity contribution in [2.45, 2.75) is 19.4 Å². The molecular weight excluding hydrogens is 318 g/mol. The molecule has 1 amide bonds. The Kier molecular flexibility index (Phi) is 4.30. The van der Waals surface area contributed by atoms with Gasteiger partial charge in [0.05, 0.1) is 23.7 Å². The minimum atomic E-state index is -3.01. The Morgan fingerprint density at radius 3 is 2.96 bits per heavy atom. The van der Waals surface area contributed by atoms with Gasteiger partial charge >= 0.3 is 0 Å². The number of para-hydroxylation sites is 1. The zero-order chi connectivity index (χ0) is 16.4. The van der Waals surface area contributed by atoms with Crippen molar-refractivity contribution < 1.29 is 22.7 Å². The van der Waals surface area contributed by atoms with Gasteiger partial charge in [-0.2, -0.15) is 0 Å². The molecule has 0 aliphatic carbocycles. The highest BCUT2D eigenvalue weighted by atomic mass is 32.2. The molecule has 2 heterocycles. The van der Waals surface area contributed by atoms with Crippen molar-refractivity contribution in [2.24, 2.45) is 0 Å². The van der Waals surface area contributed by atoms with Crippen LogP contribution in [0.1, 0.15) is 18.9 Å². The second-order valence-electron chi connectivity index (χ2n) is 5.64. The molecule has 2 aliphatic heterocycles. The summed E-state index contributed by atoms with van der Waals surface area (Å²) in [5, 5.41) is 2.78. The first-order valence-corrected chi connectivity index (χ1v) is 9.41. The van der Waals surface area contributed by atoms with E-state index in [0.29, 0.717) is 30.1 Å². The van der Waals surface area contributed by atoms with Gasteiger partial charge in [-0.1, -0.05) is 12.1 Å². The van der Waals surface area contributed by atoms with Crippen molar-refractivity contribution in [1.82, 2.24) is 5.32 Å². The summed E-state index contributed by atoms with van der Waals surface area (Å²) >= 11 is 0. The minimum absolute atomic E-state index is 0.0119. The van der Waals surface area contributed by atoms with E-state index in [0.717, 1.165) is 5.56 Å². The van der Waals surface area contributed by atoms with E-state index >= 15 is 0 Å². The molecule has 6 nitrogen and oxygen atoms in total. The molecule has 0 saturated carbocycles. The lowest BCUT2D eigenvalue weighted by Gasteiger charge is -2.21. The standard InChI is InChI=1S/C16H19NO5S/c1-2-21-14-5-3-4-11-8-12(9-22-15(11)14)16(18)17-13-6-7-23(19,20)10-13/h3-5,8,13H,2,6-7,9-10H2,1H3,(H,17,18). The van der Waals surface area contributed by atoms with Crippen molar-refractivity contribution >= 4 is 21.8 Å². The summed E-state index contributed by atoms with van der Waals surface area (Å²) in [7, 11) is -3.01. The molecule has 1 atom stereocenters. The highest BCUT2D eigenvalue weighted by molar-refractivity contribution is 7.91. The van der Waals surface area contributed by atoms with E-state index in [1.807, 2.05) is 25.1 Å². The fourth-order valence-electron chi connectivity index (χ4n) is 2.77. The van der Waals surface area contributed by atoms with Crippen LogP contribution in [-0.4, -0.2) is 45.1 Å². The zero-order valence-electron chi connectivity index (χ0n) is 12.9. The van der Waals surface area contributed by atoms with Gasteiger partial charge in [0.25, 0.3) is 5.91 Å². The summed E-state index contributed by atoms with van der Waals surface area (Å²) in [5.41, 5.74) is 1.27. The highest BCUT2D eigenvalue weighted by Crippen LogP contribution is 2.35. The molecule has 124 valence electrons. The third kappa shape index (κ3) is 3.50. The number of hydrogen-bond donors (Lipinski definition) is 1. The van der Waals surface area contributed by atoms with Crippen LogP contribution in [-0.2, 0) is 14.6 Å². The van der Waals surface area contributed by atoms with Crippen LogP contribution in [0.25, 0.3) is 6.08 Å². The number of carbonyl (C=O) groups is 1. The van der Waals surface area contributed by atoms with Crippen LogP contribution in [0.5, 0.6) is 11.5 Å². The van der Waals surface area contributed by atoms with E-state index in [-0.39, 0.29) is 30.1 Å². The van der Waals surface area contributed by atoms with Crippen molar-refractivity contribution in [2.75, 3.05) is 24.7 Å². The number of rotatable bonds is 4. The number of benzene rings is 1. The lowest BCUT2D eigenvalue weighted by atomic mass is 10.1. The Bertz CT molecular complexity index is 754. The molecule has 0 radical (unpaired) electrons. The van der Waals surface area contributed by atoms with Crippen LogP contribution < -0.4 is 14.8 Å². The number of sulfone groups is 1. The molecule has 23 heavy (non-hydrogen) atoms. The molecule has 3 rings (SSSR count). The summed E-state index contributed by atoms with van der Waals surface area (Å²) in [5.74, 6) is 1.16. The van der Waals surface area contributed by atoms with E-state index in [1.54, 1.807) is 6.08 Å². The molecule has 1 saturated heterocycles. The van der Waals surface area contributed by atoms with Crippen LogP contribution in [0.15, 0.2) is 23.8 Å². The Morgan fingerprint density at radius 1 is 1.43 bits per heavy atom. The Hall–Kier alpha value is -2.02. The van der Waals surface area contributed by atoms with Gasteiger partial charge in [-0.25, -0.2) is 8.42 Å². The molecule has 1 N–H and O–H groups in total. The van der Waals surface area contributed by atoms with Crippen LogP contribution in [0, 0.1) is 0 Å². The average molecular weight is 337 g/mol. The number of nitrogens with one attached hydrogen (secondary N) is 1. The Morgan fingerprint density at radius 2 is 2.26 bits per heavy atom. The van der Waals surface area contributed by atoms with E-state index in [1.165, 1.54) is 0 Å². The number of ether oxygens (including phenoxy) is 2. The first-order valence-electron chi connectivity index (χ1n) is 7.59. The number of fused-ring (bicyclic) bond motifs is 1. The van der Waals surface area contributed by atoms with Crippen LogP contribution in [0.4, 0.5) is 0 Å². The van der Waals surface area contributed by atoms with Crippen molar-refractivity contribution in [1.29, 1.82) is 0 Å². The highest BCUT2D eigenvalue weighted by Gasteiger charge is 2.30. The molecule has 1 aromatic carbocycles. The number of hydrogen-bond acceptors (Lipinski definition) is 5. The second kappa shape index (κ2) is 6.23. The van der Waals surface area contributed by atoms with Crippen molar-refractivity contribution in [3.8, 4) is 11.5 Å². The Labute approximate surface area is 135 Å². The SMILES string of the molecule is CCOc1cccc2c1OCC(C(=O)NC1CCS(=O)(=O)C1)=C2. The predicted molar refractivity (Wildman–Crippen MR) is 86.3 cm³/mol. The lowest BCUT2D eigenvalue weighted by Crippen LogP contribution is -2.38. The van der Waals surface area contributed by atoms with Gasteiger partial charge in [-0.15, -0.1) is 0 Å². The molecule has 0 bridgehead atoms. The monoisotopic (exact) mass is 337 g/mol. The van der Waals surface area contributed by atoms with Gasteiger partial charge in [0.15, 0.2) is 21.3 Å². The fraction of sp³-hybridized carbons (Fsp3) is 0.438. The van der Waals surface area contributed by atoms with Gasteiger partial charge in [0.2, 0.25) is 0 Å². The summed E-state index contributed by atoms with van der Waals surface area (Å²) in [6.45, 7) is 2.57. The third-order valence-electron chi connectivity index (χ3n) is 3.87. The Balaban J connectivity index is 1.74. The van der Waals surface area contributed by atoms with E-state index in [2.05, 4.69) is 5.32 Å². The molecule has 1 aromatic rings. The average Bonchev–Trinajstić information content (AvgIpc) is 2.86. The molecule has 0 aromatic heterocycles. The normalized spacial score (nSPS) is 21.8. The quantitative estimate of drug-likeness (QED) is 0.892. The molecule has 2 aliphatic rings. The molecule has 1 unspecified atom stereocenters. The zero-order valence-corrected chi connectivity index (χ0v) is 13.7. The third-order valence-corrected chi connectivity index (χ3v) is 5.64. The largest absolute Gasteiger partial charge is 0.490 e. The maximum atomic E-state index is 12.3. The van der Waals surface area contributed by atoms with E-state index in [9.17, 15) is 13.2 Å². The van der Waals surface area contributed by atoms with Crippen LogP contribution >= 0.6 is 0 Å². The minimum Gasteiger partial charge on any atom is -0.490 e. The summed E-state index contributed by atoms with van der Waals surface area (Å²) in [6.07, 6.45) is 2.23. The number of amides is 1. The predicted octanol–water partition coefficient (Wildman–Crippen LogP) is 1.16. The van der Waals surface area contributed by atoms with Crippen molar-refractivity contribution in [3.63, 3.8) is 0 Å². The molecular formula is C16H19NO5S. The van der Waals surface area contributed by atoms with Gasteiger partial charge in [-0.05, 0) is 25.5 Å². The summed E-state index contributed by atoms with van der Waals surface area (Å²) in [6, 6.07) is 5.20. The topological polar surface area (TPSA) is 81.7 Å². The first kappa shape index (κ1) is 15.9. The van der Waals surface area contributed by atoms with E-state index in [4.69, 9.17) is 9.47 Å². The number of carbonyl (C=O) groups excluding carboxylic acids is 1. The molecule has 0 spiro atoms. The van der Waals surface area contributed by atoms with Gasteiger partial charge in [0, 0.05) is 11.6 Å². The van der Waals surface area contributed by atoms with Crippen LogP contribution in [0.2, 0.25) is 0 Å². The molecule has 7 heteroatoms. The van der Waals surface area contributed by atoms with Crippen LogP contribution in [0.3, 0.4) is 0 Å². The molecule has 1 fully saturated rings. The first-order chi connectivity index (χ1) is 11.0. The van der Waals surface area contributed by atoms with Gasteiger partial charge in [0.1, 0.15) is 6.61 Å².